The molecule has 2 heterocycles. The van der Waals surface area contributed by atoms with Crippen molar-refractivity contribution in [3.05, 3.63) is 70.7 Å². The molecule has 1 aliphatic carbocycles. The Morgan fingerprint density at radius 2 is 1.81 bits per heavy atom. The van der Waals surface area contributed by atoms with E-state index in [0.29, 0.717) is 12.2 Å². The highest BCUT2D eigenvalue weighted by Gasteiger charge is 2.54. The first-order valence-electron chi connectivity index (χ1n) is 8.93. The fourth-order valence-electron chi connectivity index (χ4n) is 4.51. The lowest BCUT2D eigenvalue weighted by Gasteiger charge is -2.40. The maximum atomic E-state index is 14.6. The number of halogens is 3. The minimum absolute atomic E-state index is 0.175. The molecule has 3 nitrogen and oxygen atoms in total. The van der Waals surface area contributed by atoms with E-state index < -0.39 is 17.7 Å². The van der Waals surface area contributed by atoms with E-state index in [1.807, 2.05) is 0 Å². The quantitative estimate of drug-likeness (QED) is 0.669. The molecule has 0 radical (unpaired) electrons. The second-order valence-corrected chi connectivity index (χ2v) is 7.60. The first kappa shape index (κ1) is 16.4. The van der Waals surface area contributed by atoms with Crippen LogP contribution in [0.3, 0.4) is 0 Å². The average molecular weight is 370 g/mol. The summed E-state index contributed by atoms with van der Waals surface area (Å²) in [5, 5.41) is 0.776. The Morgan fingerprint density at radius 3 is 2.48 bits per heavy atom. The zero-order valence-electron chi connectivity index (χ0n) is 14.7. The number of nitrogens with zero attached hydrogens (tertiary/aromatic N) is 1. The molecule has 1 atom stereocenters. The third-order valence-corrected chi connectivity index (χ3v) is 5.89. The molecule has 5 rings (SSSR count). The number of hydrogen-bond acceptors (Lipinski definition) is 1. The van der Waals surface area contributed by atoms with E-state index in [9.17, 15) is 18.0 Å². The molecule has 1 amide bonds. The van der Waals surface area contributed by atoms with Crippen LogP contribution in [-0.2, 0) is 10.2 Å². The fraction of sp³-hybridized carbons (Fsp3) is 0.286. The first-order valence-corrected chi connectivity index (χ1v) is 8.93. The zero-order chi connectivity index (χ0) is 18.9. The van der Waals surface area contributed by atoms with Crippen LogP contribution in [-0.4, -0.2) is 22.3 Å². The van der Waals surface area contributed by atoms with Crippen molar-refractivity contribution < 1.29 is 18.0 Å². The summed E-state index contributed by atoms with van der Waals surface area (Å²) < 4.78 is 42.0. The van der Waals surface area contributed by atoms with Gasteiger partial charge in [-0.2, -0.15) is 0 Å². The Hall–Kier alpha value is -2.76. The second-order valence-electron chi connectivity index (χ2n) is 7.60. The minimum Gasteiger partial charge on any atom is -0.356 e. The van der Waals surface area contributed by atoms with Gasteiger partial charge in [-0.1, -0.05) is 6.07 Å². The predicted molar refractivity (Wildman–Crippen MR) is 94.8 cm³/mol. The number of carbonyl (C=O) groups is 1. The first-order chi connectivity index (χ1) is 12.9. The van der Waals surface area contributed by atoms with E-state index in [-0.39, 0.29) is 22.7 Å². The molecule has 1 spiro atoms. The van der Waals surface area contributed by atoms with Gasteiger partial charge in [-0.25, -0.2) is 13.2 Å². The number of aromatic nitrogens is 1. The molecule has 0 saturated heterocycles. The van der Waals surface area contributed by atoms with Gasteiger partial charge in [0.25, 0.3) is 0 Å². The van der Waals surface area contributed by atoms with Crippen molar-refractivity contribution in [3.8, 4) is 0 Å². The van der Waals surface area contributed by atoms with Crippen LogP contribution in [0.25, 0.3) is 10.9 Å². The average Bonchev–Trinajstić information content (AvgIpc) is 3.26. The summed E-state index contributed by atoms with van der Waals surface area (Å²) in [6.45, 7) is 1.90. The van der Waals surface area contributed by atoms with Crippen molar-refractivity contribution in [2.45, 2.75) is 31.2 Å². The van der Waals surface area contributed by atoms with Crippen LogP contribution in [0.15, 0.2) is 36.4 Å². The van der Waals surface area contributed by atoms with E-state index >= 15 is 0 Å². The molecule has 27 heavy (non-hydrogen) atoms. The third kappa shape index (κ3) is 2.32. The lowest BCUT2D eigenvalue weighted by molar-refractivity contribution is -0.131. The number of benzene rings is 2. The van der Waals surface area contributed by atoms with Gasteiger partial charge in [0.15, 0.2) is 0 Å². The van der Waals surface area contributed by atoms with Gasteiger partial charge in [0.05, 0.1) is 0 Å². The monoisotopic (exact) mass is 370 g/mol. The van der Waals surface area contributed by atoms with Gasteiger partial charge < -0.3 is 9.88 Å². The zero-order valence-corrected chi connectivity index (χ0v) is 14.7. The number of H-pyrrole nitrogens is 1. The Kier molecular flexibility index (Phi) is 3.27. The predicted octanol–water partition coefficient (Wildman–Crippen LogP) is 4.57. The Morgan fingerprint density at radius 1 is 1.11 bits per heavy atom. The molecule has 2 aliphatic rings. The van der Waals surface area contributed by atoms with E-state index in [0.717, 1.165) is 35.4 Å². The number of nitrogens with one attached hydrogen (secondary N) is 1. The topological polar surface area (TPSA) is 36.1 Å². The van der Waals surface area contributed by atoms with E-state index in [2.05, 4.69) is 4.98 Å². The fourth-order valence-corrected chi connectivity index (χ4v) is 4.51. The van der Waals surface area contributed by atoms with Gasteiger partial charge >= 0.3 is 0 Å². The molecule has 138 valence electrons. The third-order valence-electron chi connectivity index (χ3n) is 5.89. The smallest absolute Gasteiger partial charge is 0.220 e. The normalized spacial score (nSPS) is 20.1. The van der Waals surface area contributed by atoms with Crippen molar-refractivity contribution in [2.75, 3.05) is 6.54 Å². The summed E-state index contributed by atoms with van der Waals surface area (Å²) in [5.41, 5.74) is 2.42. The van der Waals surface area contributed by atoms with E-state index in [4.69, 9.17) is 0 Å². The van der Waals surface area contributed by atoms with E-state index in [1.54, 1.807) is 11.0 Å². The van der Waals surface area contributed by atoms with Gasteiger partial charge in [-0.3, -0.25) is 4.79 Å². The Bertz CT molecular complexity index is 1100. The summed E-state index contributed by atoms with van der Waals surface area (Å²) in [6.07, 6.45) is 1.79. The molecule has 0 bridgehead atoms. The maximum absolute atomic E-state index is 14.6. The van der Waals surface area contributed by atoms with Crippen molar-refractivity contribution in [1.82, 2.24) is 9.88 Å². The van der Waals surface area contributed by atoms with Gasteiger partial charge in [0.2, 0.25) is 5.91 Å². The highest BCUT2D eigenvalue weighted by Crippen LogP contribution is 2.58. The molecule has 3 aromatic rings. The van der Waals surface area contributed by atoms with Crippen molar-refractivity contribution in [3.63, 3.8) is 0 Å². The number of rotatable bonds is 1. The number of aromatic amines is 1. The summed E-state index contributed by atoms with van der Waals surface area (Å²) in [6, 6.07) is 7.24. The summed E-state index contributed by atoms with van der Waals surface area (Å²) in [7, 11) is 0. The minimum atomic E-state index is -0.700. The van der Waals surface area contributed by atoms with Crippen LogP contribution in [0.1, 0.15) is 42.6 Å². The number of carbonyl (C=O) groups excluding carboxylic acids is 1. The van der Waals surface area contributed by atoms with Gasteiger partial charge in [0.1, 0.15) is 23.5 Å². The van der Waals surface area contributed by atoms with Gasteiger partial charge in [-0.05, 0) is 42.7 Å². The Labute approximate surface area is 153 Å². The van der Waals surface area contributed by atoms with Crippen LogP contribution in [0, 0.1) is 17.5 Å². The molecule has 1 saturated carbocycles. The summed E-state index contributed by atoms with van der Waals surface area (Å²) in [4.78, 5) is 17.3. The molecule has 1 unspecified atom stereocenters. The molecule has 6 heteroatoms. The SMILES string of the molecule is CC(=O)N1CC2(CC2)c2c([nH]c3ccc(F)cc23)C1c1ccc(F)cc1F. The molecule has 1 fully saturated rings. The lowest BCUT2D eigenvalue weighted by Crippen LogP contribution is -2.44. The van der Waals surface area contributed by atoms with Crippen LogP contribution in [0.2, 0.25) is 0 Å². The number of amides is 1. The molecular formula is C21H17F3N2O. The highest BCUT2D eigenvalue weighted by atomic mass is 19.1. The van der Waals surface area contributed by atoms with Gasteiger partial charge in [-0.15, -0.1) is 0 Å². The standard InChI is InChI=1S/C21H17F3N2O/c1-11(27)26-10-21(6-7-21)18-15-8-12(22)3-5-17(15)25-19(18)20(26)14-4-2-13(23)9-16(14)24/h2-5,8-9,20,25H,6-7,10H2,1H3. The number of fused-ring (bicyclic) bond motifs is 4. The van der Waals surface area contributed by atoms with Crippen LogP contribution < -0.4 is 0 Å². The van der Waals surface area contributed by atoms with Crippen LogP contribution in [0.5, 0.6) is 0 Å². The molecule has 1 N–H and O–H groups in total. The van der Waals surface area contributed by atoms with Gasteiger partial charge in [0, 0.05) is 47.1 Å². The van der Waals surface area contributed by atoms with Crippen molar-refractivity contribution in [1.29, 1.82) is 0 Å². The molecular weight excluding hydrogens is 353 g/mol. The van der Waals surface area contributed by atoms with Crippen LogP contribution in [0.4, 0.5) is 13.2 Å². The largest absolute Gasteiger partial charge is 0.356 e. The molecule has 2 aromatic carbocycles. The molecule has 1 aliphatic heterocycles. The second kappa shape index (κ2) is 5.38. The van der Waals surface area contributed by atoms with Crippen LogP contribution >= 0.6 is 0 Å². The maximum Gasteiger partial charge on any atom is 0.220 e. The number of hydrogen-bond donors (Lipinski definition) is 1. The highest BCUT2D eigenvalue weighted by molar-refractivity contribution is 5.88. The summed E-state index contributed by atoms with van der Waals surface area (Å²) in [5.74, 6) is -1.88. The lowest BCUT2D eigenvalue weighted by atomic mass is 9.83. The summed E-state index contributed by atoms with van der Waals surface area (Å²) >= 11 is 0. The van der Waals surface area contributed by atoms with E-state index in [1.165, 1.54) is 31.2 Å². The van der Waals surface area contributed by atoms with Crippen molar-refractivity contribution >= 4 is 16.8 Å². The van der Waals surface area contributed by atoms with Crippen molar-refractivity contribution in [2.24, 2.45) is 0 Å². The Balaban J connectivity index is 1.81. The molecule has 1 aromatic heterocycles.